The van der Waals surface area contributed by atoms with Crippen molar-refractivity contribution in [3.63, 3.8) is 0 Å². The molecule has 9 nitrogen and oxygen atoms in total. The van der Waals surface area contributed by atoms with E-state index in [0.717, 1.165) is 51.9 Å². The van der Waals surface area contributed by atoms with Gasteiger partial charge in [0.25, 0.3) is 5.56 Å². The van der Waals surface area contributed by atoms with E-state index in [1.54, 1.807) is 35.4 Å². The maximum absolute atomic E-state index is 13.8. The summed E-state index contributed by atoms with van der Waals surface area (Å²) in [5.74, 6) is 1.64. The number of halogens is 2. The lowest BCUT2D eigenvalue weighted by Crippen LogP contribution is -2.63. The minimum Gasteiger partial charge on any atom is -0.311 e. The molecule has 3 aromatic rings. The Hall–Kier alpha value is -2.30. The van der Waals surface area contributed by atoms with Gasteiger partial charge in [-0.1, -0.05) is 48.2 Å². The molecule has 2 saturated heterocycles. The second-order valence-corrected chi connectivity index (χ2v) is 12.7. The average Bonchev–Trinajstić information content (AvgIpc) is 3.40. The smallest absolute Gasteiger partial charge is 0.254 e. The van der Waals surface area contributed by atoms with E-state index in [-0.39, 0.29) is 16.8 Å². The van der Waals surface area contributed by atoms with Crippen LogP contribution in [-0.4, -0.2) is 56.4 Å². The van der Waals surface area contributed by atoms with Crippen molar-refractivity contribution in [2.24, 2.45) is 17.8 Å². The largest absolute Gasteiger partial charge is 0.311 e. The molecule has 2 bridgehead atoms. The van der Waals surface area contributed by atoms with Gasteiger partial charge in [-0.3, -0.25) is 14.7 Å². The molecule has 2 aromatic heterocycles. The monoisotopic (exact) mass is 584 g/mol. The molecule has 3 fully saturated rings. The molecule has 6 atom stereocenters. The second kappa shape index (κ2) is 12.3. The molecule has 0 radical (unpaired) electrons. The number of hydrogen-bond acceptors (Lipinski definition) is 7. The molecule has 40 heavy (non-hydrogen) atoms. The van der Waals surface area contributed by atoms with Crippen LogP contribution in [0.4, 0.5) is 0 Å². The number of aromatic nitrogens is 5. The summed E-state index contributed by atoms with van der Waals surface area (Å²) in [5, 5.41) is 20.0. The first-order valence-electron chi connectivity index (χ1n) is 14.6. The van der Waals surface area contributed by atoms with E-state index in [0.29, 0.717) is 51.8 Å². The van der Waals surface area contributed by atoms with E-state index in [1.165, 1.54) is 12.8 Å². The molecule has 1 saturated carbocycles. The van der Waals surface area contributed by atoms with Gasteiger partial charge in [-0.15, -0.1) is 5.10 Å². The van der Waals surface area contributed by atoms with Crippen LogP contribution in [0.1, 0.15) is 57.9 Å². The van der Waals surface area contributed by atoms with Crippen LogP contribution in [0.25, 0.3) is 16.9 Å². The van der Waals surface area contributed by atoms with Crippen molar-refractivity contribution in [2.45, 2.75) is 70.0 Å². The number of benzene rings is 1. The van der Waals surface area contributed by atoms with E-state index in [2.05, 4.69) is 33.2 Å². The van der Waals surface area contributed by atoms with Crippen molar-refractivity contribution in [1.82, 2.24) is 40.5 Å². The molecule has 4 heterocycles. The van der Waals surface area contributed by atoms with Crippen LogP contribution in [0, 0.1) is 17.8 Å². The first-order chi connectivity index (χ1) is 19.5. The minimum atomic E-state index is -0.0284. The molecule has 0 spiro atoms. The third-order valence-electron chi connectivity index (χ3n) is 9.13. The van der Waals surface area contributed by atoms with Crippen molar-refractivity contribution < 1.29 is 0 Å². The van der Waals surface area contributed by atoms with Gasteiger partial charge in [0.15, 0.2) is 5.15 Å². The van der Waals surface area contributed by atoms with Gasteiger partial charge < -0.3 is 10.6 Å². The van der Waals surface area contributed by atoms with Crippen LogP contribution < -0.4 is 21.5 Å². The average molecular weight is 586 g/mol. The number of nitrogens with zero attached hydrogens (tertiary/aromatic N) is 5. The molecular formula is C29H38Cl2N8O. The summed E-state index contributed by atoms with van der Waals surface area (Å²) < 4.78 is 3.49. The highest BCUT2D eigenvalue weighted by Gasteiger charge is 2.38. The van der Waals surface area contributed by atoms with Gasteiger partial charge in [0.05, 0.1) is 23.9 Å². The number of fused-ring (bicyclic) bond motifs is 4. The Morgan fingerprint density at radius 3 is 2.67 bits per heavy atom. The van der Waals surface area contributed by atoms with E-state index >= 15 is 0 Å². The van der Waals surface area contributed by atoms with Gasteiger partial charge in [-0.05, 0) is 74.6 Å². The summed E-state index contributed by atoms with van der Waals surface area (Å²) in [6, 6.07) is 8.10. The first-order valence-corrected chi connectivity index (χ1v) is 15.4. The quantitative estimate of drug-likeness (QED) is 0.418. The first kappa shape index (κ1) is 27.8. The van der Waals surface area contributed by atoms with Crippen molar-refractivity contribution in [3.05, 3.63) is 57.3 Å². The lowest BCUT2D eigenvalue weighted by atomic mass is 9.72. The molecule has 214 valence electrons. The maximum atomic E-state index is 13.8. The summed E-state index contributed by atoms with van der Waals surface area (Å²) in [6.07, 6.45) is 11.3. The molecule has 11 heteroatoms. The summed E-state index contributed by atoms with van der Waals surface area (Å²) in [6.45, 7) is 5.23. The van der Waals surface area contributed by atoms with Crippen molar-refractivity contribution in [1.29, 1.82) is 0 Å². The van der Waals surface area contributed by atoms with Crippen LogP contribution in [0.15, 0.2) is 41.6 Å². The normalized spacial score (nSPS) is 29.7. The van der Waals surface area contributed by atoms with Crippen LogP contribution >= 0.6 is 23.2 Å². The molecule has 3 N–H and O–H groups in total. The van der Waals surface area contributed by atoms with Gasteiger partial charge >= 0.3 is 0 Å². The third-order valence-corrected chi connectivity index (χ3v) is 9.54. The highest BCUT2D eigenvalue weighted by atomic mass is 35.5. The van der Waals surface area contributed by atoms with Crippen molar-refractivity contribution in [3.8, 4) is 16.9 Å². The highest BCUT2D eigenvalue weighted by Crippen LogP contribution is 2.40. The van der Waals surface area contributed by atoms with Crippen LogP contribution in [0.2, 0.25) is 10.2 Å². The minimum absolute atomic E-state index is 0.0284. The van der Waals surface area contributed by atoms with Crippen molar-refractivity contribution in [2.75, 3.05) is 19.8 Å². The Kier molecular flexibility index (Phi) is 8.55. The molecule has 2 aliphatic heterocycles. The molecule has 0 amide bonds. The molecule has 1 aromatic carbocycles. The van der Waals surface area contributed by atoms with Gasteiger partial charge in [-0.2, -0.15) is 0 Å². The van der Waals surface area contributed by atoms with E-state index in [1.807, 2.05) is 10.6 Å². The summed E-state index contributed by atoms with van der Waals surface area (Å²) in [5.41, 5.74) is 1.95. The molecule has 4 unspecified atom stereocenters. The Labute approximate surface area is 245 Å². The Morgan fingerprint density at radius 2 is 1.85 bits per heavy atom. The predicted molar refractivity (Wildman–Crippen MR) is 158 cm³/mol. The lowest BCUT2D eigenvalue weighted by Gasteiger charge is -2.44. The fraction of sp³-hybridized carbons (Fsp3) is 0.586. The molecule has 3 aliphatic rings. The zero-order valence-corrected chi connectivity index (χ0v) is 24.4. The maximum Gasteiger partial charge on any atom is 0.254 e. The van der Waals surface area contributed by atoms with Gasteiger partial charge in [0, 0.05) is 48.0 Å². The predicted octanol–water partition coefficient (Wildman–Crippen LogP) is 4.44. The van der Waals surface area contributed by atoms with Crippen LogP contribution in [-0.2, 0) is 0 Å². The zero-order valence-electron chi connectivity index (χ0n) is 22.9. The highest BCUT2D eigenvalue weighted by molar-refractivity contribution is 6.31. The standard InChI is InChI=1S/C29H38Cl2N8O/c1-18-4-2-7-25(19-5-3-6-20(10-19)29-24(33-13-18)14-32-16-34-29)38-17-35-23(12-28(38)40)22-11-21(30)8-9-26(22)39-15-27(31)36-37-39/h8-9,11-12,15,17-20,24-25,29,32-34H,2-7,10,13-14,16H2,1H3/t18-,19?,20?,24?,25+,29?/m1/s1. The third kappa shape index (κ3) is 5.99. The number of hydrogen-bond donors (Lipinski definition) is 3. The summed E-state index contributed by atoms with van der Waals surface area (Å²) in [7, 11) is 0. The van der Waals surface area contributed by atoms with E-state index in [9.17, 15) is 4.79 Å². The van der Waals surface area contributed by atoms with Crippen LogP contribution in [0.3, 0.4) is 0 Å². The fourth-order valence-corrected chi connectivity index (χ4v) is 7.43. The van der Waals surface area contributed by atoms with E-state index in [4.69, 9.17) is 28.2 Å². The Morgan fingerprint density at radius 1 is 1.00 bits per heavy atom. The Balaban J connectivity index is 1.32. The SMILES string of the molecule is C[C@@H]1CCC[C@H](n2cnc(-c3cc(Cl)ccc3-n3cc(Cl)nn3)cc2=O)C2CCCC(C2)C2NCNCC2NC1. The van der Waals surface area contributed by atoms with Gasteiger partial charge in [0.1, 0.15) is 0 Å². The van der Waals surface area contributed by atoms with Crippen LogP contribution in [0.5, 0.6) is 0 Å². The lowest BCUT2D eigenvalue weighted by molar-refractivity contribution is 0.121. The zero-order chi connectivity index (χ0) is 27.6. The summed E-state index contributed by atoms with van der Waals surface area (Å²) >= 11 is 12.4. The molecule has 1 aliphatic carbocycles. The summed E-state index contributed by atoms with van der Waals surface area (Å²) in [4.78, 5) is 18.6. The second-order valence-electron chi connectivity index (χ2n) is 11.8. The van der Waals surface area contributed by atoms with E-state index < -0.39 is 0 Å². The fourth-order valence-electron chi connectivity index (χ4n) is 7.14. The number of nitrogens with one attached hydrogen (secondary N) is 3. The topological polar surface area (TPSA) is 102 Å². The molecular weight excluding hydrogens is 547 g/mol. The van der Waals surface area contributed by atoms with Gasteiger partial charge in [-0.25, -0.2) is 9.67 Å². The Bertz CT molecular complexity index is 1380. The van der Waals surface area contributed by atoms with Crippen molar-refractivity contribution >= 4 is 23.2 Å². The molecule has 6 rings (SSSR count). The number of rotatable bonds is 3. The van der Waals surface area contributed by atoms with Gasteiger partial charge in [0.2, 0.25) is 0 Å².